The predicted molar refractivity (Wildman–Crippen MR) is 64.4 cm³/mol. The highest BCUT2D eigenvalue weighted by Gasteiger charge is 2.28. The maximum Gasteiger partial charge on any atom is 0.130 e. The van der Waals surface area contributed by atoms with Crippen molar-refractivity contribution in [1.82, 2.24) is 10.3 Å². The summed E-state index contributed by atoms with van der Waals surface area (Å²) in [5.74, 6) is 0. The van der Waals surface area contributed by atoms with Crippen LogP contribution in [-0.4, -0.2) is 10.6 Å². The zero-order chi connectivity index (χ0) is 11.6. The summed E-state index contributed by atoms with van der Waals surface area (Å²) >= 11 is 5.71. The van der Waals surface area contributed by atoms with Gasteiger partial charge in [0.1, 0.15) is 10.8 Å². The third kappa shape index (κ3) is 2.18. The van der Waals surface area contributed by atoms with Crippen molar-refractivity contribution in [2.24, 2.45) is 11.5 Å². The number of nitrogens with one attached hydrogen (secondary N) is 1. The molecule has 1 atom stereocenters. The third-order valence-electron chi connectivity index (χ3n) is 2.50. The molecule has 0 fully saturated rings. The molecule has 0 aromatic carbocycles. The van der Waals surface area contributed by atoms with Crippen molar-refractivity contribution in [2.75, 3.05) is 0 Å². The van der Waals surface area contributed by atoms with E-state index in [1.165, 1.54) is 0 Å². The molecule has 2 rings (SSSR count). The highest BCUT2D eigenvalue weighted by molar-refractivity contribution is 6.29. The van der Waals surface area contributed by atoms with Crippen molar-refractivity contribution in [3.8, 4) is 0 Å². The van der Waals surface area contributed by atoms with Gasteiger partial charge in [-0.25, -0.2) is 4.98 Å². The molecule has 5 heteroatoms. The van der Waals surface area contributed by atoms with Gasteiger partial charge in [-0.2, -0.15) is 0 Å². The molecular weight excluding hydrogens is 224 g/mol. The Morgan fingerprint density at radius 2 is 2.25 bits per heavy atom. The normalized spacial score (nSPS) is 23.8. The van der Waals surface area contributed by atoms with Crippen LogP contribution >= 0.6 is 11.6 Å². The first-order valence-electron chi connectivity index (χ1n) is 4.90. The third-order valence-corrected chi connectivity index (χ3v) is 2.72. The lowest BCUT2D eigenvalue weighted by Crippen LogP contribution is -2.57. The first kappa shape index (κ1) is 11.0. The molecule has 0 spiro atoms. The van der Waals surface area contributed by atoms with Gasteiger partial charge in [-0.15, -0.1) is 0 Å². The molecule has 1 aromatic rings. The van der Waals surface area contributed by atoms with Crippen LogP contribution in [0.1, 0.15) is 5.56 Å². The number of hydrogen-bond donors (Lipinski definition) is 3. The van der Waals surface area contributed by atoms with Crippen molar-refractivity contribution in [3.63, 3.8) is 0 Å². The van der Waals surface area contributed by atoms with Crippen LogP contribution in [0.25, 0.3) is 0 Å². The van der Waals surface area contributed by atoms with Gasteiger partial charge in [-0.3, -0.25) is 0 Å². The molecule has 0 saturated carbocycles. The van der Waals surface area contributed by atoms with Crippen LogP contribution in [0, 0.1) is 0 Å². The smallest absolute Gasteiger partial charge is 0.130 e. The molecule has 1 unspecified atom stereocenters. The Morgan fingerprint density at radius 1 is 1.44 bits per heavy atom. The van der Waals surface area contributed by atoms with Gasteiger partial charge in [0.15, 0.2) is 0 Å². The number of nitrogens with two attached hydrogens (primary N) is 2. The van der Waals surface area contributed by atoms with E-state index in [1.807, 2.05) is 12.1 Å². The van der Waals surface area contributed by atoms with Crippen LogP contribution < -0.4 is 16.8 Å². The second-order valence-electron chi connectivity index (χ2n) is 3.76. The Labute approximate surface area is 99.0 Å². The molecule has 84 valence electrons. The molecular formula is C11H13ClN4. The van der Waals surface area contributed by atoms with E-state index in [0.29, 0.717) is 17.3 Å². The van der Waals surface area contributed by atoms with Gasteiger partial charge >= 0.3 is 0 Å². The quantitative estimate of drug-likeness (QED) is 0.667. The van der Waals surface area contributed by atoms with E-state index in [9.17, 15) is 0 Å². The number of hydrogen-bond acceptors (Lipinski definition) is 4. The van der Waals surface area contributed by atoms with Crippen molar-refractivity contribution in [2.45, 2.75) is 12.1 Å². The first-order chi connectivity index (χ1) is 7.60. The monoisotopic (exact) mass is 236 g/mol. The lowest BCUT2D eigenvalue weighted by atomic mass is 9.96. The highest BCUT2D eigenvalue weighted by Crippen LogP contribution is 2.17. The van der Waals surface area contributed by atoms with Crippen LogP contribution in [0.15, 0.2) is 42.4 Å². The van der Waals surface area contributed by atoms with E-state index in [0.717, 1.165) is 5.56 Å². The average molecular weight is 237 g/mol. The van der Waals surface area contributed by atoms with Crippen molar-refractivity contribution in [1.29, 1.82) is 0 Å². The van der Waals surface area contributed by atoms with E-state index in [-0.39, 0.29) is 0 Å². The minimum Gasteiger partial charge on any atom is -0.399 e. The number of allylic oxidation sites excluding steroid dienone is 2. The van der Waals surface area contributed by atoms with E-state index in [1.54, 1.807) is 24.5 Å². The zero-order valence-electron chi connectivity index (χ0n) is 8.65. The van der Waals surface area contributed by atoms with Gasteiger partial charge in [0.05, 0.1) is 0 Å². The summed E-state index contributed by atoms with van der Waals surface area (Å²) in [4.78, 5) is 4.00. The van der Waals surface area contributed by atoms with E-state index < -0.39 is 5.66 Å². The van der Waals surface area contributed by atoms with Gasteiger partial charge < -0.3 is 16.8 Å². The van der Waals surface area contributed by atoms with Gasteiger partial charge in [0.2, 0.25) is 0 Å². The van der Waals surface area contributed by atoms with Crippen molar-refractivity contribution in [3.05, 3.63) is 53.1 Å². The Bertz CT molecular complexity index is 438. The Kier molecular flexibility index (Phi) is 2.85. The fraction of sp³-hybridized carbons (Fsp3) is 0.182. The van der Waals surface area contributed by atoms with E-state index >= 15 is 0 Å². The molecule has 1 aliphatic heterocycles. The van der Waals surface area contributed by atoms with Crippen LogP contribution in [0.3, 0.4) is 0 Å². The van der Waals surface area contributed by atoms with Gasteiger partial charge in [0.25, 0.3) is 0 Å². The molecule has 0 amide bonds. The maximum absolute atomic E-state index is 6.16. The predicted octanol–water partition coefficient (Wildman–Crippen LogP) is 0.892. The Balaban J connectivity index is 2.18. The summed E-state index contributed by atoms with van der Waals surface area (Å²) in [5.41, 5.74) is 12.9. The zero-order valence-corrected chi connectivity index (χ0v) is 9.41. The average Bonchev–Trinajstić information content (AvgIpc) is 2.26. The van der Waals surface area contributed by atoms with Crippen LogP contribution in [0.5, 0.6) is 0 Å². The van der Waals surface area contributed by atoms with Gasteiger partial charge in [-0.1, -0.05) is 17.7 Å². The number of dihydropyridines is 1. The summed E-state index contributed by atoms with van der Waals surface area (Å²) in [6.45, 7) is 0. The summed E-state index contributed by atoms with van der Waals surface area (Å²) in [7, 11) is 0. The van der Waals surface area contributed by atoms with Crippen molar-refractivity contribution < 1.29 is 0 Å². The molecule has 4 nitrogen and oxygen atoms in total. The number of halogens is 1. The maximum atomic E-state index is 6.16. The van der Waals surface area contributed by atoms with Crippen LogP contribution in [-0.2, 0) is 6.42 Å². The molecule has 16 heavy (non-hydrogen) atoms. The minimum absolute atomic E-state index is 0.467. The summed E-state index contributed by atoms with van der Waals surface area (Å²) in [6, 6.07) is 3.62. The van der Waals surface area contributed by atoms with Crippen LogP contribution in [0.4, 0.5) is 0 Å². The number of aromatic nitrogens is 1. The number of rotatable bonds is 2. The lowest BCUT2D eigenvalue weighted by molar-refractivity contribution is 0.432. The van der Waals surface area contributed by atoms with E-state index in [2.05, 4.69) is 10.3 Å². The molecule has 5 N–H and O–H groups in total. The first-order valence-corrected chi connectivity index (χ1v) is 5.28. The highest BCUT2D eigenvalue weighted by atomic mass is 35.5. The summed E-state index contributed by atoms with van der Waals surface area (Å²) in [6.07, 6.45) is 7.65. The summed E-state index contributed by atoms with van der Waals surface area (Å²) < 4.78 is 0. The lowest BCUT2D eigenvalue weighted by Gasteiger charge is -2.32. The van der Waals surface area contributed by atoms with E-state index in [4.69, 9.17) is 23.1 Å². The topological polar surface area (TPSA) is 77.0 Å². The van der Waals surface area contributed by atoms with Crippen LogP contribution in [0.2, 0.25) is 5.15 Å². The number of nitrogens with zero attached hydrogens (tertiary/aromatic N) is 1. The molecule has 1 aromatic heterocycles. The molecule has 2 heterocycles. The Hall–Kier alpha value is -1.52. The second-order valence-corrected chi connectivity index (χ2v) is 4.15. The largest absolute Gasteiger partial charge is 0.399 e. The molecule has 0 bridgehead atoms. The fourth-order valence-corrected chi connectivity index (χ4v) is 1.68. The fourth-order valence-electron chi connectivity index (χ4n) is 1.57. The second kappa shape index (κ2) is 4.15. The molecule has 0 radical (unpaired) electrons. The molecule has 0 saturated heterocycles. The number of pyridine rings is 1. The SMILES string of the molecule is NC1=CC=CNC1(N)Cc1ccc(Cl)nc1. The minimum atomic E-state index is -0.746. The standard InChI is InChI=1S/C11H13ClN4/c12-10-4-3-8(7-15-10)6-11(14)9(13)2-1-5-16-11/h1-5,7,16H,6,13-14H2. The van der Waals surface area contributed by atoms with Crippen molar-refractivity contribution >= 4 is 11.6 Å². The van der Waals surface area contributed by atoms with Gasteiger partial charge in [-0.05, 0) is 30.0 Å². The van der Waals surface area contributed by atoms with Gasteiger partial charge in [0, 0.05) is 18.3 Å². The summed E-state index contributed by atoms with van der Waals surface area (Å²) in [5, 5.41) is 3.52. The Morgan fingerprint density at radius 3 is 2.88 bits per heavy atom. The molecule has 1 aliphatic rings. The molecule has 0 aliphatic carbocycles.